The quantitative estimate of drug-likeness (QED) is 0.572. The molecule has 0 saturated heterocycles. The van der Waals surface area contributed by atoms with Crippen molar-refractivity contribution >= 4 is 52.3 Å². The van der Waals surface area contributed by atoms with Gasteiger partial charge in [-0.3, -0.25) is 14.5 Å². The number of carbonyl (C=O) groups is 1. The second-order valence-corrected chi connectivity index (χ2v) is 6.81. The summed E-state index contributed by atoms with van der Waals surface area (Å²) in [5, 5.41) is 10.5. The molecule has 1 aromatic carbocycles. The van der Waals surface area contributed by atoms with Gasteiger partial charge in [-0.25, -0.2) is 0 Å². The summed E-state index contributed by atoms with van der Waals surface area (Å²) in [5.74, 6) is 0.611. The molecule has 8 heteroatoms. The Morgan fingerprint density at radius 1 is 1.57 bits per heavy atom. The first-order valence-corrected chi connectivity index (χ1v) is 8.32. The molecule has 5 nitrogen and oxygen atoms in total. The average Bonchev–Trinajstić information content (AvgIpc) is 3.23. The molecule has 1 aliphatic carbocycles. The smallest absolute Gasteiger partial charge is 0.251 e. The molecule has 1 fully saturated rings. The van der Waals surface area contributed by atoms with Gasteiger partial charge in [0.15, 0.2) is 10.6 Å². The van der Waals surface area contributed by atoms with Crippen LogP contribution in [0.2, 0.25) is 5.02 Å². The van der Waals surface area contributed by atoms with Gasteiger partial charge < -0.3 is 5.32 Å². The van der Waals surface area contributed by atoms with Gasteiger partial charge in [0.05, 0.1) is 11.6 Å². The Morgan fingerprint density at radius 3 is 3.00 bits per heavy atom. The van der Waals surface area contributed by atoms with E-state index in [4.69, 9.17) is 23.8 Å². The summed E-state index contributed by atoms with van der Waals surface area (Å²) >= 11 is 13.3. The second-order valence-electron chi connectivity index (χ2n) is 4.86. The minimum absolute atomic E-state index is 0.152. The van der Waals surface area contributed by atoms with E-state index in [1.54, 1.807) is 18.2 Å². The van der Waals surface area contributed by atoms with Crippen LogP contribution in [0.4, 0.5) is 0 Å². The van der Waals surface area contributed by atoms with E-state index >= 15 is 0 Å². The molecule has 21 heavy (non-hydrogen) atoms. The first kappa shape index (κ1) is 15.0. The lowest BCUT2D eigenvalue weighted by Gasteiger charge is -2.07. The number of halogens is 2. The van der Waals surface area contributed by atoms with E-state index < -0.39 is 0 Å². The number of amides is 1. The number of H-pyrrole nitrogens is 1. The van der Waals surface area contributed by atoms with Crippen molar-refractivity contribution in [3.8, 4) is 0 Å². The highest BCUT2D eigenvalue weighted by atomic mass is 127. The number of aromatic amines is 1. The van der Waals surface area contributed by atoms with Gasteiger partial charge in [-0.2, -0.15) is 5.10 Å². The fourth-order valence-corrected chi connectivity index (χ4v) is 3.00. The third-order valence-corrected chi connectivity index (χ3v) is 5.11. The van der Waals surface area contributed by atoms with Crippen LogP contribution in [0.3, 0.4) is 0 Å². The lowest BCUT2D eigenvalue weighted by Crippen LogP contribution is -2.24. The molecule has 110 valence electrons. The number of rotatable bonds is 4. The van der Waals surface area contributed by atoms with E-state index in [0.717, 1.165) is 22.2 Å². The van der Waals surface area contributed by atoms with E-state index in [-0.39, 0.29) is 5.91 Å². The Kier molecular flexibility index (Phi) is 4.32. The molecule has 1 amide bonds. The Hall–Kier alpha value is -0.930. The first-order valence-electron chi connectivity index (χ1n) is 6.45. The van der Waals surface area contributed by atoms with Crippen LogP contribution in [-0.4, -0.2) is 20.7 Å². The van der Waals surface area contributed by atoms with Crippen LogP contribution >= 0.6 is 46.4 Å². The van der Waals surface area contributed by atoms with Crippen molar-refractivity contribution in [1.82, 2.24) is 20.1 Å². The van der Waals surface area contributed by atoms with Crippen molar-refractivity contribution in [2.45, 2.75) is 25.4 Å². The van der Waals surface area contributed by atoms with Gasteiger partial charge in [0.2, 0.25) is 0 Å². The summed E-state index contributed by atoms with van der Waals surface area (Å²) in [6.07, 6.45) is 2.23. The maximum absolute atomic E-state index is 12.2. The second kappa shape index (κ2) is 6.05. The largest absolute Gasteiger partial charge is 0.345 e. The normalized spacial score (nSPS) is 14.2. The number of nitrogens with one attached hydrogen (secondary N) is 2. The molecule has 0 unspecified atom stereocenters. The summed E-state index contributed by atoms with van der Waals surface area (Å²) in [7, 11) is 0. The zero-order valence-electron chi connectivity index (χ0n) is 10.9. The fourth-order valence-electron chi connectivity index (χ4n) is 2.07. The maximum atomic E-state index is 12.2. The Labute approximate surface area is 145 Å². The summed E-state index contributed by atoms with van der Waals surface area (Å²) in [6, 6.07) is 5.62. The van der Waals surface area contributed by atoms with Gasteiger partial charge in [-0.1, -0.05) is 11.6 Å². The van der Waals surface area contributed by atoms with Crippen LogP contribution in [0, 0.1) is 8.34 Å². The van der Waals surface area contributed by atoms with E-state index in [9.17, 15) is 4.79 Å². The SMILES string of the molecule is O=C(NCc1n[nH]c(=S)n1C1CC1)c1ccc(Cl)c(I)c1. The third kappa shape index (κ3) is 3.29. The number of hydrogen-bond acceptors (Lipinski definition) is 3. The molecule has 3 rings (SSSR count). The highest BCUT2D eigenvalue weighted by Crippen LogP contribution is 2.35. The minimum atomic E-state index is -0.152. The molecule has 1 saturated carbocycles. The van der Waals surface area contributed by atoms with Gasteiger partial charge in [-0.15, -0.1) is 0 Å². The van der Waals surface area contributed by atoms with E-state index in [1.807, 2.05) is 4.57 Å². The molecule has 1 heterocycles. The van der Waals surface area contributed by atoms with E-state index in [0.29, 0.717) is 27.9 Å². The van der Waals surface area contributed by atoms with Gasteiger partial charge in [0.1, 0.15) is 0 Å². The monoisotopic (exact) mass is 434 g/mol. The minimum Gasteiger partial charge on any atom is -0.345 e. The fraction of sp³-hybridized carbons (Fsp3) is 0.308. The van der Waals surface area contributed by atoms with Crippen LogP contribution in [0.1, 0.15) is 35.1 Å². The standard InChI is InChI=1S/C13H12ClIN4OS/c14-9-4-1-7(5-10(9)15)12(20)16-6-11-17-18-13(21)19(11)8-2-3-8/h1,4-5,8H,2-3,6H2,(H,16,20)(H,18,21). The summed E-state index contributed by atoms with van der Waals surface area (Å²) in [5.41, 5.74) is 0.580. The molecule has 0 radical (unpaired) electrons. The first-order chi connectivity index (χ1) is 10.1. The highest BCUT2D eigenvalue weighted by molar-refractivity contribution is 14.1. The van der Waals surface area contributed by atoms with Crippen molar-refractivity contribution in [2.75, 3.05) is 0 Å². The Morgan fingerprint density at radius 2 is 2.33 bits per heavy atom. The summed E-state index contributed by atoms with van der Waals surface area (Å²) in [6.45, 7) is 0.349. The zero-order chi connectivity index (χ0) is 15.0. The maximum Gasteiger partial charge on any atom is 0.251 e. The van der Waals surface area contributed by atoms with E-state index in [1.165, 1.54) is 0 Å². The van der Waals surface area contributed by atoms with Crippen molar-refractivity contribution in [2.24, 2.45) is 0 Å². The van der Waals surface area contributed by atoms with Crippen molar-refractivity contribution in [3.05, 3.63) is 43.0 Å². The van der Waals surface area contributed by atoms with Crippen LogP contribution in [0.5, 0.6) is 0 Å². The molecule has 1 aliphatic rings. The molecule has 1 aromatic heterocycles. The van der Waals surface area contributed by atoms with Crippen LogP contribution in [0.25, 0.3) is 0 Å². The molecule has 0 aliphatic heterocycles. The number of benzene rings is 1. The van der Waals surface area contributed by atoms with Crippen LogP contribution < -0.4 is 5.32 Å². The number of carbonyl (C=O) groups excluding carboxylic acids is 1. The third-order valence-electron chi connectivity index (χ3n) is 3.28. The van der Waals surface area contributed by atoms with Crippen LogP contribution in [-0.2, 0) is 6.54 Å². The lowest BCUT2D eigenvalue weighted by atomic mass is 10.2. The molecule has 0 bridgehead atoms. The summed E-state index contributed by atoms with van der Waals surface area (Å²) in [4.78, 5) is 12.2. The molecule has 2 N–H and O–H groups in total. The zero-order valence-corrected chi connectivity index (χ0v) is 14.6. The number of nitrogens with zero attached hydrogens (tertiary/aromatic N) is 2. The molecule has 0 atom stereocenters. The molecular weight excluding hydrogens is 423 g/mol. The average molecular weight is 435 g/mol. The van der Waals surface area contributed by atoms with Crippen molar-refractivity contribution < 1.29 is 4.79 Å². The predicted octanol–water partition coefficient (Wildman–Crippen LogP) is 3.46. The predicted molar refractivity (Wildman–Crippen MR) is 91.0 cm³/mol. The van der Waals surface area contributed by atoms with Gasteiger partial charge >= 0.3 is 0 Å². The molecule has 2 aromatic rings. The van der Waals surface area contributed by atoms with E-state index in [2.05, 4.69) is 38.1 Å². The molecular formula is C13H12ClIN4OS. The topological polar surface area (TPSA) is 62.7 Å². The highest BCUT2D eigenvalue weighted by Gasteiger charge is 2.27. The Balaban J connectivity index is 1.71. The van der Waals surface area contributed by atoms with Gasteiger partial charge in [0, 0.05) is 15.2 Å². The van der Waals surface area contributed by atoms with Gasteiger partial charge in [0.25, 0.3) is 5.91 Å². The summed E-state index contributed by atoms with van der Waals surface area (Å²) < 4.78 is 3.45. The van der Waals surface area contributed by atoms with Crippen molar-refractivity contribution in [3.63, 3.8) is 0 Å². The lowest BCUT2D eigenvalue weighted by molar-refractivity contribution is 0.0949. The van der Waals surface area contributed by atoms with Gasteiger partial charge in [-0.05, 0) is 65.8 Å². The molecule has 0 spiro atoms. The Bertz CT molecular complexity index is 753. The van der Waals surface area contributed by atoms with Crippen molar-refractivity contribution in [1.29, 1.82) is 0 Å². The number of hydrogen-bond donors (Lipinski definition) is 2. The number of aromatic nitrogens is 3. The van der Waals surface area contributed by atoms with Crippen LogP contribution in [0.15, 0.2) is 18.2 Å².